The molecule has 0 radical (unpaired) electrons. The van der Waals surface area contributed by atoms with Crippen molar-refractivity contribution >= 4 is 44.5 Å². The van der Waals surface area contributed by atoms with E-state index in [2.05, 4.69) is 25.3 Å². The Bertz CT molecular complexity index is 1610. The van der Waals surface area contributed by atoms with Gasteiger partial charge in [-0.05, 0) is 55.5 Å². The Labute approximate surface area is 224 Å². The van der Waals surface area contributed by atoms with Crippen LogP contribution in [0.2, 0.25) is 0 Å². The molecule has 0 fully saturated rings. The van der Waals surface area contributed by atoms with E-state index in [1.165, 1.54) is 37.1 Å². The molecule has 0 saturated carbocycles. The van der Waals surface area contributed by atoms with Crippen molar-refractivity contribution in [3.63, 3.8) is 0 Å². The Kier molecular flexibility index (Phi) is 7.64. The van der Waals surface area contributed by atoms with Gasteiger partial charge in [0.1, 0.15) is 5.69 Å². The standard InChI is InChI=1S/C24H25N7O5S2/c1-15-21(22(32)31(30(15)2)17-8-6-5-7-9-17)28-24(37)25-16-10-12-18(13-11-16)38(33,34)29-19-14-20(35-3)27-23(26-19)36-4/h5-14H,1-4H3,(H2,25,28,37)(H,26,27,29). The highest BCUT2D eigenvalue weighted by atomic mass is 32.2. The van der Waals surface area contributed by atoms with Crippen LogP contribution in [0.1, 0.15) is 5.69 Å². The number of benzene rings is 2. The third-order valence-corrected chi connectivity index (χ3v) is 7.10. The van der Waals surface area contributed by atoms with E-state index in [9.17, 15) is 13.2 Å². The molecule has 3 N–H and O–H groups in total. The molecule has 2 heterocycles. The molecule has 2 aromatic heterocycles. The number of hydrogen-bond donors (Lipinski definition) is 3. The van der Waals surface area contributed by atoms with Gasteiger partial charge < -0.3 is 20.1 Å². The fourth-order valence-corrected chi connectivity index (χ4v) is 4.77. The number of rotatable bonds is 8. The average molecular weight is 556 g/mol. The maximum Gasteiger partial charge on any atom is 0.321 e. The van der Waals surface area contributed by atoms with Crippen LogP contribution < -0.4 is 30.4 Å². The molecule has 0 amide bonds. The van der Waals surface area contributed by atoms with Crippen LogP contribution in [0.5, 0.6) is 11.9 Å². The first-order valence-corrected chi connectivity index (χ1v) is 13.0. The van der Waals surface area contributed by atoms with Crippen molar-refractivity contribution < 1.29 is 17.9 Å². The van der Waals surface area contributed by atoms with Gasteiger partial charge in [0, 0.05) is 18.8 Å². The zero-order chi connectivity index (χ0) is 27.4. The van der Waals surface area contributed by atoms with Gasteiger partial charge in [0.2, 0.25) is 5.88 Å². The van der Waals surface area contributed by atoms with Crippen LogP contribution in [-0.2, 0) is 17.1 Å². The molecule has 198 valence electrons. The van der Waals surface area contributed by atoms with Crippen molar-refractivity contribution in [2.75, 3.05) is 29.6 Å². The van der Waals surface area contributed by atoms with E-state index in [0.717, 1.165) is 5.69 Å². The molecule has 0 spiro atoms. The molecule has 0 bridgehead atoms. The third kappa shape index (κ3) is 5.60. The Hall–Kier alpha value is -4.43. The number of methoxy groups -OCH3 is 2. The summed E-state index contributed by atoms with van der Waals surface area (Å²) in [6.45, 7) is 1.81. The number of nitrogens with one attached hydrogen (secondary N) is 3. The number of sulfonamides is 1. The second-order valence-electron chi connectivity index (χ2n) is 7.93. The van der Waals surface area contributed by atoms with E-state index in [1.807, 2.05) is 30.3 Å². The van der Waals surface area contributed by atoms with E-state index < -0.39 is 10.0 Å². The van der Waals surface area contributed by atoms with Crippen molar-refractivity contribution in [1.82, 2.24) is 19.3 Å². The Morgan fingerprint density at radius 2 is 1.66 bits per heavy atom. The van der Waals surface area contributed by atoms with Gasteiger partial charge in [-0.2, -0.15) is 9.97 Å². The zero-order valence-electron chi connectivity index (χ0n) is 20.9. The van der Waals surface area contributed by atoms with Gasteiger partial charge >= 0.3 is 6.01 Å². The lowest BCUT2D eigenvalue weighted by atomic mass is 10.3. The maximum absolute atomic E-state index is 13.1. The quantitative estimate of drug-likeness (QED) is 0.278. The summed E-state index contributed by atoms with van der Waals surface area (Å²) in [5.41, 5.74) is 2.00. The largest absolute Gasteiger partial charge is 0.481 e. The second kappa shape index (κ2) is 10.9. The molecule has 2 aromatic carbocycles. The molecule has 0 aliphatic carbocycles. The average Bonchev–Trinajstić information content (AvgIpc) is 3.11. The molecule has 4 rings (SSSR count). The monoisotopic (exact) mass is 555 g/mol. The lowest BCUT2D eigenvalue weighted by Crippen LogP contribution is -2.25. The van der Waals surface area contributed by atoms with Crippen LogP contribution in [0.3, 0.4) is 0 Å². The van der Waals surface area contributed by atoms with Crippen molar-refractivity contribution in [2.24, 2.45) is 7.05 Å². The van der Waals surface area contributed by atoms with Crippen molar-refractivity contribution in [3.8, 4) is 17.6 Å². The topological polar surface area (TPSA) is 141 Å². The summed E-state index contributed by atoms with van der Waals surface area (Å²) in [6.07, 6.45) is 0. The molecule has 0 unspecified atom stereocenters. The lowest BCUT2D eigenvalue weighted by molar-refractivity contribution is 0.353. The summed E-state index contributed by atoms with van der Waals surface area (Å²) in [5.74, 6) is 0.125. The fourth-order valence-electron chi connectivity index (χ4n) is 3.55. The number of ether oxygens (including phenoxy) is 2. The van der Waals surface area contributed by atoms with E-state index in [0.29, 0.717) is 17.1 Å². The molecule has 0 aliphatic rings. The van der Waals surface area contributed by atoms with E-state index in [1.54, 1.807) is 30.8 Å². The van der Waals surface area contributed by atoms with Gasteiger partial charge in [-0.15, -0.1) is 0 Å². The van der Waals surface area contributed by atoms with E-state index in [-0.39, 0.29) is 33.3 Å². The van der Waals surface area contributed by atoms with Crippen LogP contribution in [0.25, 0.3) is 5.69 Å². The van der Waals surface area contributed by atoms with Gasteiger partial charge in [0.15, 0.2) is 10.9 Å². The smallest absolute Gasteiger partial charge is 0.321 e. The number of anilines is 3. The predicted molar refractivity (Wildman–Crippen MR) is 148 cm³/mol. The first-order valence-electron chi connectivity index (χ1n) is 11.1. The fraction of sp³-hybridized carbons (Fsp3) is 0.167. The van der Waals surface area contributed by atoms with Crippen LogP contribution in [0, 0.1) is 6.92 Å². The minimum Gasteiger partial charge on any atom is -0.481 e. The van der Waals surface area contributed by atoms with E-state index in [4.69, 9.17) is 21.7 Å². The van der Waals surface area contributed by atoms with Crippen LogP contribution in [0.4, 0.5) is 17.2 Å². The number of para-hydroxylation sites is 1. The normalized spacial score (nSPS) is 11.1. The van der Waals surface area contributed by atoms with Crippen LogP contribution in [-0.4, -0.2) is 47.1 Å². The maximum atomic E-state index is 13.1. The Morgan fingerprint density at radius 1 is 0.974 bits per heavy atom. The van der Waals surface area contributed by atoms with Gasteiger partial charge in [-0.1, -0.05) is 18.2 Å². The zero-order valence-corrected chi connectivity index (χ0v) is 22.6. The summed E-state index contributed by atoms with van der Waals surface area (Å²) in [4.78, 5) is 21.0. The van der Waals surface area contributed by atoms with Gasteiger partial charge in [0.25, 0.3) is 15.6 Å². The highest BCUT2D eigenvalue weighted by molar-refractivity contribution is 7.92. The summed E-state index contributed by atoms with van der Waals surface area (Å²) in [6, 6.07) is 16.4. The Balaban J connectivity index is 1.47. The number of thiocarbonyl (C=S) groups is 1. The molecule has 0 aliphatic heterocycles. The van der Waals surface area contributed by atoms with Crippen molar-refractivity contribution in [3.05, 3.63) is 76.7 Å². The highest BCUT2D eigenvalue weighted by Crippen LogP contribution is 2.22. The van der Waals surface area contributed by atoms with Crippen LogP contribution >= 0.6 is 12.2 Å². The minimum atomic E-state index is -3.97. The van der Waals surface area contributed by atoms with Gasteiger partial charge in [0.05, 0.1) is 30.5 Å². The molecule has 0 atom stereocenters. The summed E-state index contributed by atoms with van der Waals surface area (Å²) >= 11 is 5.40. The molecular weight excluding hydrogens is 530 g/mol. The predicted octanol–water partition coefficient (Wildman–Crippen LogP) is 2.90. The number of hydrogen-bond acceptors (Lipinski definition) is 8. The van der Waals surface area contributed by atoms with Crippen molar-refractivity contribution in [1.29, 1.82) is 0 Å². The minimum absolute atomic E-state index is 0.0110. The lowest BCUT2D eigenvalue weighted by Gasteiger charge is -2.12. The highest BCUT2D eigenvalue weighted by Gasteiger charge is 2.19. The second-order valence-corrected chi connectivity index (χ2v) is 10.0. The molecule has 0 saturated heterocycles. The molecular formula is C24H25N7O5S2. The van der Waals surface area contributed by atoms with Gasteiger partial charge in [-0.3, -0.25) is 14.2 Å². The molecule has 4 aromatic rings. The summed E-state index contributed by atoms with van der Waals surface area (Å²) in [7, 11) is 0.562. The van der Waals surface area contributed by atoms with Crippen LogP contribution in [0.15, 0.2) is 70.4 Å². The third-order valence-electron chi connectivity index (χ3n) is 5.53. The molecule has 14 heteroatoms. The number of aromatic nitrogens is 4. The molecule has 12 nitrogen and oxygen atoms in total. The first-order chi connectivity index (χ1) is 18.1. The molecule has 38 heavy (non-hydrogen) atoms. The first kappa shape index (κ1) is 26.6. The summed E-state index contributed by atoms with van der Waals surface area (Å²) < 4.78 is 41.4. The number of nitrogens with zero attached hydrogens (tertiary/aromatic N) is 4. The van der Waals surface area contributed by atoms with Gasteiger partial charge in [-0.25, -0.2) is 13.1 Å². The Morgan fingerprint density at radius 3 is 2.29 bits per heavy atom. The van der Waals surface area contributed by atoms with E-state index >= 15 is 0 Å². The summed E-state index contributed by atoms with van der Waals surface area (Å²) in [5, 5.41) is 6.09. The SMILES string of the molecule is COc1cc(NS(=O)(=O)c2ccc(NC(=S)Nc3c(C)n(C)n(-c4ccccc4)c3=O)cc2)nc(OC)n1. The van der Waals surface area contributed by atoms with Crippen molar-refractivity contribution in [2.45, 2.75) is 11.8 Å².